The molecule has 2 N–H and O–H groups in total. The molecular formula is C12H11N3O3S2. The maximum atomic E-state index is 12.2. The minimum absolute atomic E-state index is 0.223. The summed E-state index contributed by atoms with van der Waals surface area (Å²) in [5.41, 5.74) is 7.45. The van der Waals surface area contributed by atoms with Gasteiger partial charge in [0.05, 0.1) is 10.7 Å². The van der Waals surface area contributed by atoms with E-state index in [1.54, 1.807) is 23.6 Å². The van der Waals surface area contributed by atoms with Gasteiger partial charge in [0.25, 0.3) is 0 Å². The summed E-state index contributed by atoms with van der Waals surface area (Å²) in [5.74, 6) is -0.223. The standard InChI is InChI=1S/C12H11N3O3S2/c1-7-14-9(5-19-7)6-20(16,17)12-15-10-4-8(13)2-3-11(10)18-12/h2-5H,6,13H2,1H3. The number of anilines is 1. The number of fused-ring (bicyclic) bond motifs is 1. The molecule has 20 heavy (non-hydrogen) atoms. The van der Waals surface area contributed by atoms with Crippen LogP contribution in [0.3, 0.4) is 0 Å². The highest BCUT2D eigenvalue weighted by Gasteiger charge is 2.23. The summed E-state index contributed by atoms with van der Waals surface area (Å²) in [5, 5.41) is 2.23. The predicted octanol–water partition coefficient (Wildman–Crippen LogP) is 2.15. The van der Waals surface area contributed by atoms with Crippen LogP contribution >= 0.6 is 11.3 Å². The Kier molecular flexibility index (Phi) is 2.98. The SMILES string of the molecule is Cc1nc(CS(=O)(=O)c2nc3cc(N)ccc3o2)cs1. The van der Waals surface area contributed by atoms with Crippen molar-refractivity contribution >= 4 is 38.0 Å². The summed E-state index contributed by atoms with van der Waals surface area (Å²) >= 11 is 1.40. The molecule has 0 aliphatic heterocycles. The topological polar surface area (TPSA) is 99.1 Å². The van der Waals surface area contributed by atoms with E-state index in [1.165, 1.54) is 11.3 Å². The third-order valence-electron chi connectivity index (χ3n) is 2.66. The molecule has 2 aromatic heterocycles. The number of nitrogen functional groups attached to an aromatic ring is 1. The highest BCUT2D eigenvalue weighted by Crippen LogP contribution is 2.23. The highest BCUT2D eigenvalue weighted by molar-refractivity contribution is 7.90. The second-order valence-corrected chi connectivity index (χ2v) is 7.25. The van der Waals surface area contributed by atoms with Crippen LogP contribution in [-0.4, -0.2) is 18.4 Å². The molecule has 8 heteroatoms. The number of nitrogens with two attached hydrogens (primary N) is 1. The van der Waals surface area contributed by atoms with Crippen LogP contribution in [-0.2, 0) is 15.6 Å². The van der Waals surface area contributed by atoms with Gasteiger partial charge in [0.15, 0.2) is 5.58 Å². The van der Waals surface area contributed by atoms with Crippen molar-refractivity contribution in [2.24, 2.45) is 0 Å². The van der Waals surface area contributed by atoms with E-state index in [4.69, 9.17) is 10.2 Å². The first kappa shape index (κ1) is 13.1. The molecule has 0 bridgehead atoms. The summed E-state index contributed by atoms with van der Waals surface area (Å²) in [4.78, 5) is 8.13. The molecule has 0 saturated heterocycles. The van der Waals surface area contributed by atoms with Crippen LogP contribution in [0.25, 0.3) is 11.1 Å². The van der Waals surface area contributed by atoms with Crippen LogP contribution in [0.5, 0.6) is 0 Å². The van der Waals surface area contributed by atoms with Gasteiger partial charge in [-0.1, -0.05) is 0 Å². The van der Waals surface area contributed by atoms with E-state index in [0.717, 1.165) is 5.01 Å². The molecule has 0 spiro atoms. The van der Waals surface area contributed by atoms with Gasteiger partial charge in [-0.2, -0.15) is 4.98 Å². The zero-order chi connectivity index (χ0) is 14.3. The van der Waals surface area contributed by atoms with Gasteiger partial charge < -0.3 is 10.2 Å². The van der Waals surface area contributed by atoms with Crippen molar-refractivity contribution in [2.45, 2.75) is 17.9 Å². The lowest BCUT2D eigenvalue weighted by Gasteiger charge is -1.95. The Morgan fingerprint density at radius 3 is 2.85 bits per heavy atom. The van der Waals surface area contributed by atoms with Gasteiger partial charge in [-0.15, -0.1) is 11.3 Å². The van der Waals surface area contributed by atoms with E-state index in [0.29, 0.717) is 22.5 Å². The highest BCUT2D eigenvalue weighted by atomic mass is 32.2. The smallest absolute Gasteiger partial charge is 0.316 e. The summed E-state index contributed by atoms with van der Waals surface area (Å²) in [6, 6.07) is 4.81. The van der Waals surface area contributed by atoms with E-state index >= 15 is 0 Å². The first-order chi connectivity index (χ1) is 9.44. The maximum Gasteiger partial charge on any atom is 0.316 e. The molecule has 3 rings (SSSR count). The number of aromatic nitrogens is 2. The predicted molar refractivity (Wildman–Crippen MR) is 76.2 cm³/mol. The van der Waals surface area contributed by atoms with Crippen LogP contribution in [0.1, 0.15) is 10.7 Å². The van der Waals surface area contributed by atoms with Crippen LogP contribution < -0.4 is 5.73 Å². The van der Waals surface area contributed by atoms with Crippen molar-refractivity contribution in [3.8, 4) is 0 Å². The fourth-order valence-electron chi connectivity index (χ4n) is 1.79. The molecule has 0 atom stereocenters. The molecule has 104 valence electrons. The van der Waals surface area contributed by atoms with E-state index in [1.807, 2.05) is 6.92 Å². The number of rotatable bonds is 3. The number of thiazole rings is 1. The number of aryl methyl sites for hydroxylation is 1. The maximum absolute atomic E-state index is 12.2. The average Bonchev–Trinajstić information content (AvgIpc) is 2.95. The molecule has 3 aromatic rings. The molecule has 0 fully saturated rings. The van der Waals surface area contributed by atoms with Gasteiger partial charge in [0.2, 0.25) is 9.84 Å². The quantitative estimate of drug-likeness (QED) is 0.744. The van der Waals surface area contributed by atoms with Crippen LogP contribution in [0.4, 0.5) is 5.69 Å². The Balaban J connectivity index is 2.00. The molecule has 2 heterocycles. The van der Waals surface area contributed by atoms with Crippen molar-refractivity contribution in [2.75, 3.05) is 5.73 Å². The largest absolute Gasteiger partial charge is 0.428 e. The lowest BCUT2D eigenvalue weighted by Crippen LogP contribution is -2.05. The Bertz CT molecular complexity index is 880. The van der Waals surface area contributed by atoms with Crippen molar-refractivity contribution in [3.63, 3.8) is 0 Å². The fraction of sp³-hybridized carbons (Fsp3) is 0.167. The minimum Gasteiger partial charge on any atom is -0.428 e. The van der Waals surface area contributed by atoms with Crippen LogP contribution in [0.2, 0.25) is 0 Å². The third kappa shape index (κ3) is 2.39. The average molecular weight is 309 g/mol. The summed E-state index contributed by atoms with van der Waals surface area (Å²) in [6.07, 6.45) is 0. The first-order valence-electron chi connectivity index (χ1n) is 5.74. The molecular weight excluding hydrogens is 298 g/mol. The second kappa shape index (κ2) is 4.57. The molecule has 0 radical (unpaired) electrons. The molecule has 0 aliphatic rings. The van der Waals surface area contributed by atoms with Crippen molar-refractivity contribution < 1.29 is 12.8 Å². The molecule has 0 saturated carbocycles. The zero-order valence-corrected chi connectivity index (χ0v) is 12.2. The first-order valence-corrected chi connectivity index (χ1v) is 8.27. The van der Waals surface area contributed by atoms with Crippen molar-refractivity contribution in [1.29, 1.82) is 0 Å². The molecule has 1 aromatic carbocycles. The third-order valence-corrected chi connectivity index (χ3v) is 4.87. The number of sulfone groups is 1. The lowest BCUT2D eigenvalue weighted by molar-refractivity contribution is 0.458. The number of nitrogens with zero attached hydrogens (tertiary/aromatic N) is 2. The molecule has 6 nitrogen and oxygen atoms in total. The van der Waals surface area contributed by atoms with Gasteiger partial charge in [0.1, 0.15) is 11.3 Å². The summed E-state index contributed by atoms with van der Waals surface area (Å²) < 4.78 is 29.8. The Hall–Kier alpha value is -1.93. The van der Waals surface area contributed by atoms with Gasteiger partial charge in [0, 0.05) is 11.1 Å². The molecule has 0 aliphatic carbocycles. The summed E-state index contributed by atoms with van der Waals surface area (Å²) in [6.45, 7) is 1.82. The second-order valence-electron chi connectivity index (χ2n) is 4.32. The number of hydrogen-bond donors (Lipinski definition) is 1. The minimum atomic E-state index is -3.65. The monoisotopic (exact) mass is 309 g/mol. The van der Waals surface area contributed by atoms with Crippen LogP contribution in [0.15, 0.2) is 33.2 Å². The Morgan fingerprint density at radius 1 is 1.35 bits per heavy atom. The van der Waals surface area contributed by atoms with Gasteiger partial charge in [-0.25, -0.2) is 13.4 Å². The van der Waals surface area contributed by atoms with Gasteiger partial charge >= 0.3 is 5.22 Å². The van der Waals surface area contributed by atoms with Crippen LogP contribution in [0, 0.1) is 6.92 Å². The van der Waals surface area contributed by atoms with E-state index in [-0.39, 0.29) is 11.0 Å². The lowest BCUT2D eigenvalue weighted by atomic mass is 10.3. The fourth-order valence-corrected chi connectivity index (χ4v) is 3.62. The Labute approximate surface area is 119 Å². The summed E-state index contributed by atoms with van der Waals surface area (Å²) in [7, 11) is -3.65. The number of benzene rings is 1. The van der Waals surface area contributed by atoms with E-state index in [9.17, 15) is 8.42 Å². The number of oxazole rings is 1. The van der Waals surface area contributed by atoms with E-state index in [2.05, 4.69) is 9.97 Å². The molecule has 0 unspecified atom stereocenters. The Morgan fingerprint density at radius 2 is 2.15 bits per heavy atom. The zero-order valence-electron chi connectivity index (χ0n) is 10.5. The van der Waals surface area contributed by atoms with Gasteiger partial charge in [-0.05, 0) is 25.1 Å². The van der Waals surface area contributed by atoms with Crippen molar-refractivity contribution in [3.05, 3.63) is 34.3 Å². The normalized spacial score (nSPS) is 12.1. The number of hydrogen-bond acceptors (Lipinski definition) is 7. The van der Waals surface area contributed by atoms with Gasteiger partial charge in [-0.3, -0.25) is 0 Å². The van der Waals surface area contributed by atoms with Crippen molar-refractivity contribution in [1.82, 2.24) is 9.97 Å². The van der Waals surface area contributed by atoms with E-state index < -0.39 is 9.84 Å². The molecule has 0 amide bonds.